The highest BCUT2D eigenvalue weighted by molar-refractivity contribution is 5.96. The molecule has 3 aromatic rings. The molecule has 0 radical (unpaired) electrons. The fourth-order valence-corrected chi connectivity index (χ4v) is 3.40. The molecular weight excluding hydrogens is 372 g/mol. The zero-order valence-electron chi connectivity index (χ0n) is 16.1. The molecule has 0 aliphatic carbocycles. The lowest BCUT2D eigenvalue weighted by Crippen LogP contribution is -2.50. The third-order valence-corrected chi connectivity index (χ3v) is 5.08. The van der Waals surface area contributed by atoms with Crippen LogP contribution < -0.4 is 4.90 Å². The summed E-state index contributed by atoms with van der Waals surface area (Å²) in [5.41, 5.74) is 1.29. The van der Waals surface area contributed by atoms with Gasteiger partial charge in [-0.05, 0) is 31.2 Å². The normalized spacial score (nSPS) is 15.7. The molecule has 1 aliphatic rings. The van der Waals surface area contributed by atoms with E-state index in [-0.39, 0.29) is 13.1 Å². The lowest BCUT2D eigenvalue weighted by Gasteiger charge is -2.33. The van der Waals surface area contributed by atoms with E-state index < -0.39 is 17.9 Å². The Bertz CT molecular complexity index is 1050. The van der Waals surface area contributed by atoms with Crippen LogP contribution in [0.4, 0.5) is 11.5 Å². The highest BCUT2D eigenvalue weighted by Crippen LogP contribution is 2.23. The number of hydrogen-bond donors (Lipinski definition) is 1. The second-order valence-corrected chi connectivity index (χ2v) is 6.86. The number of rotatable bonds is 4. The monoisotopic (exact) mass is 392 g/mol. The van der Waals surface area contributed by atoms with Crippen molar-refractivity contribution in [2.75, 3.05) is 11.9 Å². The molecule has 0 spiro atoms. The molecule has 1 unspecified atom stereocenters. The number of aromatic nitrogens is 4. The minimum Gasteiger partial charge on any atom is -0.480 e. The summed E-state index contributed by atoms with van der Waals surface area (Å²) in [5, 5.41) is 17.7. The molecule has 9 nitrogen and oxygen atoms in total. The van der Waals surface area contributed by atoms with Crippen molar-refractivity contribution < 1.29 is 14.7 Å². The lowest BCUT2D eigenvalue weighted by molar-refractivity contribution is -0.143. The number of fused-ring (bicyclic) bond motifs is 1. The number of nitrogens with zero attached hydrogens (tertiary/aromatic N) is 6. The molecular formula is C20H20N6O3. The van der Waals surface area contributed by atoms with Gasteiger partial charge in [-0.25, -0.2) is 9.78 Å². The van der Waals surface area contributed by atoms with Crippen molar-refractivity contribution in [3.63, 3.8) is 0 Å². The molecule has 3 heterocycles. The topological polar surface area (TPSA) is 104 Å². The standard InChI is InChI=1S/C20H20N6O3/c1-13-22-23-18-12-26(16(20(28)29)11-25(13)18)19(27)14-8-9-17(21-10-14)24(2)15-6-4-3-5-7-15/h3-10,16H,11-12H2,1-2H3,(H,28,29). The summed E-state index contributed by atoms with van der Waals surface area (Å²) >= 11 is 0. The quantitative estimate of drug-likeness (QED) is 0.722. The third kappa shape index (κ3) is 3.42. The Kier molecular flexibility index (Phi) is 4.71. The van der Waals surface area contributed by atoms with E-state index in [1.807, 2.05) is 42.3 Å². The van der Waals surface area contributed by atoms with E-state index in [2.05, 4.69) is 15.2 Å². The summed E-state index contributed by atoms with van der Waals surface area (Å²) in [6.07, 6.45) is 1.47. The minimum absolute atomic E-state index is 0.0856. The molecule has 1 N–H and O–H groups in total. The molecule has 4 rings (SSSR count). The van der Waals surface area contributed by atoms with Gasteiger partial charge in [-0.1, -0.05) is 18.2 Å². The van der Waals surface area contributed by atoms with Gasteiger partial charge in [0.05, 0.1) is 18.7 Å². The number of carboxylic acid groups (broad SMARTS) is 1. The van der Waals surface area contributed by atoms with Crippen LogP contribution in [0.25, 0.3) is 0 Å². The Labute approximate surface area is 167 Å². The van der Waals surface area contributed by atoms with E-state index in [0.29, 0.717) is 23.0 Å². The number of carbonyl (C=O) groups is 2. The predicted molar refractivity (Wildman–Crippen MR) is 105 cm³/mol. The average Bonchev–Trinajstić information content (AvgIpc) is 3.12. The molecule has 0 saturated heterocycles. The number of aliphatic carboxylic acids is 1. The Hall–Kier alpha value is -3.75. The molecule has 148 valence electrons. The van der Waals surface area contributed by atoms with Crippen molar-refractivity contribution in [1.82, 2.24) is 24.6 Å². The van der Waals surface area contributed by atoms with Gasteiger partial charge in [-0.2, -0.15) is 0 Å². The summed E-state index contributed by atoms with van der Waals surface area (Å²) in [7, 11) is 1.89. The first-order valence-electron chi connectivity index (χ1n) is 9.13. The van der Waals surface area contributed by atoms with Crippen molar-refractivity contribution in [3.05, 3.63) is 65.9 Å². The number of pyridine rings is 1. The van der Waals surface area contributed by atoms with E-state index in [0.717, 1.165) is 5.69 Å². The van der Waals surface area contributed by atoms with Crippen molar-refractivity contribution in [2.45, 2.75) is 26.1 Å². The van der Waals surface area contributed by atoms with Gasteiger partial charge in [-0.15, -0.1) is 10.2 Å². The average molecular weight is 392 g/mol. The summed E-state index contributed by atoms with van der Waals surface area (Å²) in [6.45, 7) is 1.97. The van der Waals surface area contributed by atoms with Crippen molar-refractivity contribution in [1.29, 1.82) is 0 Å². The number of aryl methyl sites for hydroxylation is 1. The van der Waals surface area contributed by atoms with Crippen LogP contribution in [0.2, 0.25) is 0 Å². The van der Waals surface area contributed by atoms with Gasteiger partial charge in [0.2, 0.25) is 0 Å². The van der Waals surface area contributed by atoms with Gasteiger partial charge in [0.15, 0.2) is 5.82 Å². The van der Waals surface area contributed by atoms with Gasteiger partial charge in [0, 0.05) is 18.9 Å². The van der Waals surface area contributed by atoms with Gasteiger partial charge in [-0.3, -0.25) is 4.79 Å². The fraction of sp³-hybridized carbons (Fsp3) is 0.250. The van der Waals surface area contributed by atoms with Gasteiger partial charge in [0.1, 0.15) is 17.7 Å². The molecule has 1 atom stereocenters. The number of amides is 1. The van der Waals surface area contributed by atoms with Crippen LogP contribution in [0.1, 0.15) is 22.0 Å². The molecule has 0 saturated carbocycles. The van der Waals surface area contributed by atoms with Gasteiger partial charge >= 0.3 is 5.97 Å². The largest absolute Gasteiger partial charge is 0.480 e. The van der Waals surface area contributed by atoms with Crippen molar-refractivity contribution in [3.8, 4) is 0 Å². The zero-order chi connectivity index (χ0) is 20.5. The van der Waals surface area contributed by atoms with Crippen LogP contribution in [0, 0.1) is 6.92 Å². The molecule has 0 bridgehead atoms. The van der Waals surface area contributed by atoms with E-state index in [9.17, 15) is 14.7 Å². The smallest absolute Gasteiger partial charge is 0.328 e. The molecule has 0 fully saturated rings. The number of hydrogen-bond acceptors (Lipinski definition) is 6. The Balaban J connectivity index is 1.58. The summed E-state index contributed by atoms with van der Waals surface area (Å²) < 4.78 is 1.73. The second kappa shape index (κ2) is 7.34. The van der Waals surface area contributed by atoms with Crippen LogP contribution in [0.15, 0.2) is 48.7 Å². The highest BCUT2D eigenvalue weighted by Gasteiger charge is 2.36. The maximum Gasteiger partial charge on any atom is 0.328 e. The second-order valence-electron chi connectivity index (χ2n) is 6.86. The van der Waals surface area contributed by atoms with Crippen LogP contribution in [-0.2, 0) is 17.9 Å². The SMILES string of the molecule is Cc1nnc2n1CC(C(=O)O)N(C(=O)c1ccc(N(C)c3ccccc3)nc1)C2. The Morgan fingerprint density at radius 1 is 1.14 bits per heavy atom. The van der Waals surface area contributed by atoms with Crippen molar-refractivity contribution in [2.24, 2.45) is 0 Å². The van der Waals surface area contributed by atoms with E-state index in [1.54, 1.807) is 23.6 Å². The minimum atomic E-state index is -1.06. The first-order chi connectivity index (χ1) is 14.0. The van der Waals surface area contributed by atoms with Crippen LogP contribution in [0.3, 0.4) is 0 Å². The summed E-state index contributed by atoms with van der Waals surface area (Å²) in [5.74, 6) is 0.419. The molecule has 2 aromatic heterocycles. The molecule has 29 heavy (non-hydrogen) atoms. The van der Waals surface area contributed by atoms with Gasteiger partial charge < -0.3 is 19.5 Å². The number of anilines is 2. The molecule has 1 amide bonds. The summed E-state index contributed by atoms with van der Waals surface area (Å²) in [6, 6.07) is 12.1. The van der Waals surface area contributed by atoms with Crippen LogP contribution in [-0.4, -0.2) is 54.7 Å². The highest BCUT2D eigenvalue weighted by atomic mass is 16.4. The number of carboxylic acids is 1. The van der Waals surface area contributed by atoms with E-state index in [1.165, 1.54) is 11.1 Å². The zero-order valence-corrected chi connectivity index (χ0v) is 16.1. The molecule has 1 aliphatic heterocycles. The number of benzene rings is 1. The Morgan fingerprint density at radius 3 is 2.55 bits per heavy atom. The predicted octanol–water partition coefficient (Wildman–Crippen LogP) is 1.86. The Morgan fingerprint density at radius 2 is 1.90 bits per heavy atom. The van der Waals surface area contributed by atoms with Crippen LogP contribution in [0.5, 0.6) is 0 Å². The maximum absolute atomic E-state index is 13.0. The molecule has 1 aromatic carbocycles. The number of carbonyl (C=O) groups excluding carboxylic acids is 1. The number of para-hydroxylation sites is 1. The van der Waals surface area contributed by atoms with E-state index >= 15 is 0 Å². The maximum atomic E-state index is 13.0. The first-order valence-corrected chi connectivity index (χ1v) is 9.13. The van der Waals surface area contributed by atoms with E-state index in [4.69, 9.17) is 0 Å². The third-order valence-electron chi connectivity index (χ3n) is 5.08. The van der Waals surface area contributed by atoms with Gasteiger partial charge in [0.25, 0.3) is 5.91 Å². The summed E-state index contributed by atoms with van der Waals surface area (Å²) in [4.78, 5) is 32.4. The molecule has 9 heteroatoms. The van der Waals surface area contributed by atoms with Crippen LogP contribution >= 0.6 is 0 Å². The first kappa shape index (κ1) is 18.6. The lowest BCUT2D eigenvalue weighted by atomic mass is 10.1. The van der Waals surface area contributed by atoms with Crippen molar-refractivity contribution >= 4 is 23.4 Å². The fourth-order valence-electron chi connectivity index (χ4n) is 3.40.